The quantitative estimate of drug-likeness (QED) is 0.625. The number of hydrogen-bond acceptors (Lipinski definition) is 3. The van der Waals surface area contributed by atoms with E-state index in [2.05, 4.69) is 64.2 Å². The van der Waals surface area contributed by atoms with Crippen molar-refractivity contribution in [1.82, 2.24) is 4.90 Å². The number of carbonyl (C=O) groups excluding carboxylic acids is 1. The molecular weight excluding hydrogens is 404 g/mol. The van der Waals surface area contributed by atoms with Crippen molar-refractivity contribution in [3.05, 3.63) is 64.1 Å². The molecule has 5 heteroatoms. The summed E-state index contributed by atoms with van der Waals surface area (Å²) in [6, 6.07) is 16.5. The van der Waals surface area contributed by atoms with Crippen LogP contribution < -0.4 is 4.90 Å². The van der Waals surface area contributed by atoms with Crippen molar-refractivity contribution < 1.29 is 9.53 Å². The van der Waals surface area contributed by atoms with E-state index in [0.717, 1.165) is 23.1 Å². The largest absolute Gasteiger partial charge is 0.444 e. The Balaban J connectivity index is 1.91. The van der Waals surface area contributed by atoms with Crippen LogP contribution >= 0.6 is 15.9 Å². The Morgan fingerprint density at radius 1 is 1.11 bits per heavy atom. The lowest BCUT2D eigenvalue weighted by Gasteiger charge is -2.43. The Bertz CT molecular complexity index is 816. The van der Waals surface area contributed by atoms with Crippen molar-refractivity contribution in [1.29, 1.82) is 0 Å². The highest BCUT2D eigenvalue weighted by atomic mass is 79.9. The van der Waals surface area contributed by atoms with E-state index in [1.807, 2.05) is 37.8 Å². The van der Waals surface area contributed by atoms with Gasteiger partial charge < -0.3 is 9.64 Å². The Morgan fingerprint density at radius 3 is 2.52 bits per heavy atom. The number of ether oxygens (including phenoxy) is 1. The number of aryl methyl sites for hydroxylation is 1. The summed E-state index contributed by atoms with van der Waals surface area (Å²) in [6.45, 7) is 9.99. The van der Waals surface area contributed by atoms with E-state index in [0.29, 0.717) is 6.54 Å². The first-order valence-electron chi connectivity index (χ1n) is 9.30. The number of hydrogen-bond donors (Lipinski definition) is 0. The Kier molecular flexibility index (Phi) is 5.80. The summed E-state index contributed by atoms with van der Waals surface area (Å²) in [4.78, 5) is 17.1. The third kappa shape index (κ3) is 4.83. The first-order valence-corrected chi connectivity index (χ1v) is 10.1. The first-order chi connectivity index (χ1) is 12.7. The molecule has 2 aromatic carbocycles. The fraction of sp³-hybridized carbons (Fsp3) is 0.409. The monoisotopic (exact) mass is 430 g/mol. The molecule has 1 heterocycles. The van der Waals surface area contributed by atoms with E-state index in [-0.39, 0.29) is 12.1 Å². The molecule has 3 rings (SSSR count). The number of piperazine rings is 1. The molecule has 0 saturated carbocycles. The molecule has 1 atom stereocenters. The normalized spacial score (nSPS) is 17.7. The molecule has 27 heavy (non-hydrogen) atoms. The summed E-state index contributed by atoms with van der Waals surface area (Å²) < 4.78 is 6.69. The molecule has 0 N–H and O–H groups in total. The van der Waals surface area contributed by atoms with Gasteiger partial charge in [-0.05, 0) is 57.0 Å². The summed E-state index contributed by atoms with van der Waals surface area (Å²) in [6.07, 6.45) is -0.253. The number of anilines is 1. The van der Waals surface area contributed by atoms with Crippen LogP contribution in [0.15, 0.2) is 53.0 Å². The van der Waals surface area contributed by atoms with Crippen molar-refractivity contribution >= 4 is 27.7 Å². The number of halogens is 1. The molecule has 1 unspecified atom stereocenters. The maximum Gasteiger partial charge on any atom is 0.410 e. The first kappa shape index (κ1) is 19.7. The van der Waals surface area contributed by atoms with Gasteiger partial charge in [-0.25, -0.2) is 4.79 Å². The van der Waals surface area contributed by atoms with Gasteiger partial charge in [-0.2, -0.15) is 0 Å². The van der Waals surface area contributed by atoms with Crippen LogP contribution in [0.4, 0.5) is 10.5 Å². The van der Waals surface area contributed by atoms with E-state index < -0.39 is 5.60 Å². The fourth-order valence-electron chi connectivity index (χ4n) is 3.46. The van der Waals surface area contributed by atoms with E-state index in [1.165, 1.54) is 11.3 Å². The molecule has 0 spiro atoms. The molecule has 1 aliphatic rings. The van der Waals surface area contributed by atoms with Crippen LogP contribution in [0.25, 0.3) is 0 Å². The number of nitrogens with zero attached hydrogens (tertiary/aromatic N) is 2. The summed E-state index contributed by atoms with van der Waals surface area (Å²) in [7, 11) is 0. The highest BCUT2D eigenvalue weighted by Gasteiger charge is 2.34. The molecule has 2 aromatic rings. The molecule has 0 aliphatic carbocycles. The van der Waals surface area contributed by atoms with Crippen molar-refractivity contribution in [2.75, 3.05) is 24.5 Å². The van der Waals surface area contributed by atoms with E-state index in [9.17, 15) is 4.79 Å². The topological polar surface area (TPSA) is 32.8 Å². The highest BCUT2D eigenvalue weighted by molar-refractivity contribution is 9.10. The fourth-order valence-corrected chi connectivity index (χ4v) is 3.88. The van der Waals surface area contributed by atoms with Crippen LogP contribution in [0.5, 0.6) is 0 Å². The van der Waals surface area contributed by atoms with Gasteiger partial charge in [0.05, 0.1) is 6.04 Å². The van der Waals surface area contributed by atoms with Gasteiger partial charge in [-0.3, -0.25) is 4.90 Å². The zero-order valence-corrected chi connectivity index (χ0v) is 18.0. The zero-order chi connectivity index (χ0) is 19.6. The summed E-state index contributed by atoms with van der Waals surface area (Å²) in [5.74, 6) is 0. The lowest BCUT2D eigenvalue weighted by Crippen LogP contribution is -2.52. The van der Waals surface area contributed by atoms with Gasteiger partial charge in [0.2, 0.25) is 0 Å². The lowest BCUT2D eigenvalue weighted by molar-refractivity contribution is 0.0137. The average molecular weight is 431 g/mol. The maximum absolute atomic E-state index is 12.9. The second-order valence-corrected chi connectivity index (χ2v) is 8.89. The van der Waals surface area contributed by atoms with Gasteiger partial charge in [0.1, 0.15) is 5.60 Å². The molecule has 4 nitrogen and oxygen atoms in total. The van der Waals surface area contributed by atoms with Crippen LogP contribution in [0.2, 0.25) is 0 Å². The predicted octanol–water partition coefficient (Wildman–Crippen LogP) is 5.56. The van der Waals surface area contributed by atoms with Gasteiger partial charge in [0, 0.05) is 29.8 Å². The number of rotatable bonds is 2. The van der Waals surface area contributed by atoms with Gasteiger partial charge in [-0.1, -0.05) is 46.3 Å². The number of amides is 1. The number of para-hydroxylation sites is 1. The summed E-state index contributed by atoms with van der Waals surface area (Å²) in [5.41, 5.74) is 3.07. The van der Waals surface area contributed by atoms with Gasteiger partial charge in [-0.15, -0.1) is 0 Å². The van der Waals surface area contributed by atoms with Crippen LogP contribution in [0.3, 0.4) is 0 Å². The molecular formula is C22H27BrN2O2. The van der Waals surface area contributed by atoms with Crippen LogP contribution in [0, 0.1) is 6.92 Å². The standard InChI is InChI=1S/C22H27BrN2O2/c1-16-8-5-6-11-19(16)24-12-13-25(21(26)27-22(2,3)4)20(15-24)17-9-7-10-18(23)14-17/h5-11,14,20H,12-13,15H2,1-4H3. The molecule has 1 fully saturated rings. The molecule has 1 saturated heterocycles. The van der Waals surface area contributed by atoms with Crippen molar-refractivity contribution in [2.24, 2.45) is 0 Å². The zero-order valence-electron chi connectivity index (χ0n) is 16.4. The minimum atomic E-state index is -0.508. The second kappa shape index (κ2) is 7.93. The Hall–Kier alpha value is -2.01. The van der Waals surface area contributed by atoms with E-state index in [1.54, 1.807) is 0 Å². The summed E-state index contributed by atoms with van der Waals surface area (Å²) >= 11 is 3.56. The SMILES string of the molecule is Cc1ccccc1N1CCN(C(=O)OC(C)(C)C)C(c2cccc(Br)c2)C1. The number of benzene rings is 2. The summed E-state index contributed by atoms with van der Waals surface area (Å²) in [5, 5.41) is 0. The van der Waals surface area contributed by atoms with Crippen molar-refractivity contribution in [3.8, 4) is 0 Å². The third-order valence-corrected chi connectivity index (χ3v) is 5.19. The minimum absolute atomic E-state index is 0.0642. The maximum atomic E-state index is 12.9. The van der Waals surface area contributed by atoms with Crippen LogP contribution in [-0.4, -0.2) is 36.2 Å². The van der Waals surface area contributed by atoms with Crippen molar-refractivity contribution in [3.63, 3.8) is 0 Å². The van der Waals surface area contributed by atoms with Crippen LogP contribution in [0.1, 0.15) is 37.9 Å². The molecule has 0 aromatic heterocycles. The predicted molar refractivity (Wildman–Crippen MR) is 113 cm³/mol. The lowest BCUT2D eigenvalue weighted by atomic mass is 10.0. The van der Waals surface area contributed by atoms with Crippen molar-refractivity contribution in [2.45, 2.75) is 39.3 Å². The number of carbonyl (C=O) groups is 1. The van der Waals surface area contributed by atoms with Gasteiger partial charge in [0.25, 0.3) is 0 Å². The molecule has 1 amide bonds. The minimum Gasteiger partial charge on any atom is -0.444 e. The Labute approximate surface area is 170 Å². The van der Waals surface area contributed by atoms with E-state index in [4.69, 9.17) is 4.74 Å². The molecule has 0 bridgehead atoms. The molecule has 144 valence electrons. The Morgan fingerprint density at radius 2 is 1.85 bits per heavy atom. The molecule has 0 radical (unpaired) electrons. The van der Waals surface area contributed by atoms with Gasteiger partial charge in [0.15, 0.2) is 0 Å². The smallest absolute Gasteiger partial charge is 0.410 e. The van der Waals surface area contributed by atoms with E-state index >= 15 is 0 Å². The molecule has 1 aliphatic heterocycles. The second-order valence-electron chi connectivity index (χ2n) is 7.98. The highest BCUT2D eigenvalue weighted by Crippen LogP contribution is 2.32. The van der Waals surface area contributed by atoms with Gasteiger partial charge >= 0.3 is 6.09 Å². The third-order valence-electron chi connectivity index (χ3n) is 4.70. The van der Waals surface area contributed by atoms with Crippen LogP contribution in [-0.2, 0) is 4.74 Å². The average Bonchev–Trinajstić information content (AvgIpc) is 2.60.